The van der Waals surface area contributed by atoms with E-state index in [4.69, 9.17) is 0 Å². The van der Waals surface area contributed by atoms with E-state index >= 15 is 0 Å². The van der Waals surface area contributed by atoms with Crippen molar-refractivity contribution in [1.29, 1.82) is 0 Å². The van der Waals surface area contributed by atoms with Crippen molar-refractivity contribution in [1.82, 2.24) is 0 Å². The van der Waals surface area contributed by atoms with Gasteiger partial charge in [-0.2, -0.15) is 0 Å². The van der Waals surface area contributed by atoms with Gasteiger partial charge in [0.25, 0.3) is 0 Å². The van der Waals surface area contributed by atoms with Gasteiger partial charge in [0.2, 0.25) is 0 Å². The van der Waals surface area contributed by atoms with Gasteiger partial charge in [0.1, 0.15) is 0 Å². The molecular formula is C9H10O3. The minimum atomic E-state index is -0.434. The molecule has 1 saturated heterocycles. The molecule has 3 nitrogen and oxygen atoms in total. The van der Waals surface area contributed by atoms with Crippen molar-refractivity contribution >= 4 is 11.9 Å². The van der Waals surface area contributed by atoms with Crippen LogP contribution in [-0.4, -0.2) is 11.9 Å². The Morgan fingerprint density at radius 3 is 2.92 bits per heavy atom. The van der Waals surface area contributed by atoms with Crippen molar-refractivity contribution in [3.05, 3.63) is 11.6 Å². The summed E-state index contributed by atoms with van der Waals surface area (Å²) < 4.78 is 4.53. The molecule has 0 aromatic heterocycles. The second-order valence-corrected chi connectivity index (χ2v) is 3.40. The number of fused-ring (bicyclic) bond motifs is 1. The number of carbonyl (C=O) groups excluding carboxylic acids is 2. The molecule has 0 aromatic carbocycles. The molecule has 0 N–H and O–H groups in total. The van der Waals surface area contributed by atoms with E-state index in [0.29, 0.717) is 5.57 Å². The first-order valence-electron chi connectivity index (χ1n) is 4.16. The average molecular weight is 166 g/mol. The molecule has 1 aliphatic heterocycles. The SMILES string of the molecule is C[C@@H]1CCC=C2C(=O)OC(=O)[C@H]21. The molecule has 12 heavy (non-hydrogen) atoms. The van der Waals surface area contributed by atoms with E-state index in [0.717, 1.165) is 12.8 Å². The Balaban J connectivity index is 2.39. The topological polar surface area (TPSA) is 43.4 Å². The van der Waals surface area contributed by atoms with Crippen LogP contribution in [0.3, 0.4) is 0 Å². The number of carbonyl (C=O) groups is 2. The van der Waals surface area contributed by atoms with Crippen molar-refractivity contribution in [3.63, 3.8) is 0 Å². The van der Waals surface area contributed by atoms with Gasteiger partial charge >= 0.3 is 11.9 Å². The van der Waals surface area contributed by atoms with Gasteiger partial charge in [-0.1, -0.05) is 13.0 Å². The molecule has 0 amide bonds. The Morgan fingerprint density at radius 1 is 1.50 bits per heavy atom. The van der Waals surface area contributed by atoms with Gasteiger partial charge in [-0.25, -0.2) is 4.79 Å². The summed E-state index contributed by atoms with van der Waals surface area (Å²) in [6, 6.07) is 0. The highest BCUT2D eigenvalue weighted by atomic mass is 16.6. The van der Waals surface area contributed by atoms with Crippen LogP contribution in [0.15, 0.2) is 11.6 Å². The third kappa shape index (κ3) is 0.891. The smallest absolute Gasteiger partial charge is 0.342 e. The minimum Gasteiger partial charge on any atom is -0.389 e. The van der Waals surface area contributed by atoms with Crippen molar-refractivity contribution in [2.75, 3.05) is 0 Å². The van der Waals surface area contributed by atoms with Crippen molar-refractivity contribution in [3.8, 4) is 0 Å². The lowest BCUT2D eigenvalue weighted by Gasteiger charge is -2.19. The molecule has 2 aliphatic rings. The number of cyclic esters (lactones) is 2. The normalized spacial score (nSPS) is 34.2. The molecule has 1 aliphatic carbocycles. The van der Waals surface area contributed by atoms with Crippen molar-refractivity contribution < 1.29 is 14.3 Å². The maximum absolute atomic E-state index is 11.1. The summed E-state index contributed by atoms with van der Waals surface area (Å²) in [6.07, 6.45) is 3.68. The molecule has 0 radical (unpaired) electrons. The Bertz CT molecular complexity index is 277. The van der Waals surface area contributed by atoms with E-state index in [1.54, 1.807) is 0 Å². The maximum atomic E-state index is 11.1. The first-order chi connectivity index (χ1) is 5.70. The van der Waals surface area contributed by atoms with E-state index in [2.05, 4.69) is 4.74 Å². The Morgan fingerprint density at radius 2 is 2.25 bits per heavy atom. The number of hydrogen-bond donors (Lipinski definition) is 0. The van der Waals surface area contributed by atoms with Crippen molar-refractivity contribution in [2.45, 2.75) is 19.8 Å². The average Bonchev–Trinajstić information content (AvgIpc) is 2.29. The molecule has 1 heterocycles. The molecule has 1 fully saturated rings. The highest BCUT2D eigenvalue weighted by molar-refractivity contribution is 6.07. The third-order valence-electron chi connectivity index (χ3n) is 2.57. The number of allylic oxidation sites excluding steroid dienone is 1. The first-order valence-corrected chi connectivity index (χ1v) is 4.16. The number of rotatable bonds is 0. The Kier molecular flexibility index (Phi) is 1.53. The zero-order valence-electron chi connectivity index (χ0n) is 6.87. The highest BCUT2D eigenvalue weighted by Crippen LogP contribution is 2.36. The second kappa shape index (κ2) is 2.44. The lowest BCUT2D eigenvalue weighted by molar-refractivity contribution is -0.153. The molecule has 0 unspecified atom stereocenters. The van der Waals surface area contributed by atoms with Crippen LogP contribution in [0.25, 0.3) is 0 Å². The minimum absolute atomic E-state index is 0.254. The van der Waals surface area contributed by atoms with Gasteiger partial charge < -0.3 is 4.74 Å². The van der Waals surface area contributed by atoms with Crippen LogP contribution in [-0.2, 0) is 14.3 Å². The molecule has 2 atom stereocenters. The summed E-state index contributed by atoms with van der Waals surface area (Å²) in [7, 11) is 0. The van der Waals surface area contributed by atoms with Crippen LogP contribution in [0.2, 0.25) is 0 Å². The summed E-state index contributed by atoms with van der Waals surface area (Å²) in [4.78, 5) is 22.2. The van der Waals surface area contributed by atoms with Gasteiger partial charge in [-0.15, -0.1) is 0 Å². The molecule has 0 aromatic rings. The van der Waals surface area contributed by atoms with Crippen LogP contribution in [0.5, 0.6) is 0 Å². The fourth-order valence-corrected chi connectivity index (χ4v) is 1.89. The van der Waals surface area contributed by atoms with Gasteiger partial charge in [0.15, 0.2) is 0 Å². The standard InChI is InChI=1S/C9H10O3/c1-5-3-2-4-6-7(5)9(11)12-8(6)10/h4-5,7H,2-3H2,1H3/t5-,7+/m1/s1. The predicted octanol–water partition coefficient (Wildman–Crippen LogP) is 1.04. The zero-order chi connectivity index (χ0) is 8.72. The third-order valence-corrected chi connectivity index (χ3v) is 2.57. The molecule has 0 bridgehead atoms. The van der Waals surface area contributed by atoms with E-state index in [9.17, 15) is 9.59 Å². The largest absolute Gasteiger partial charge is 0.389 e. The monoisotopic (exact) mass is 166 g/mol. The molecule has 3 heteroatoms. The quantitative estimate of drug-likeness (QED) is 0.399. The first kappa shape index (κ1) is 7.53. The lowest BCUT2D eigenvalue weighted by atomic mass is 9.81. The Hall–Kier alpha value is -1.12. The summed E-state index contributed by atoms with van der Waals surface area (Å²) in [5.41, 5.74) is 0.582. The zero-order valence-corrected chi connectivity index (χ0v) is 6.87. The summed E-state index contributed by atoms with van der Waals surface area (Å²) in [5, 5.41) is 0. The van der Waals surface area contributed by atoms with E-state index < -0.39 is 5.97 Å². The van der Waals surface area contributed by atoms with Crippen LogP contribution >= 0.6 is 0 Å². The molecule has 64 valence electrons. The Labute approximate surface area is 70.4 Å². The van der Waals surface area contributed by atoms with Crippen molar-refractivity contribution in [2.24, 2.45) is 11.8 Å². The van der Waals surface area contributed by atoms with Gasteiger partial charge in [0, 0.05) is 5.57 Å². The number of esters is 2. The molecule has 2 rings (SSSR count). The molecule has 0 spiro atoms. The highest BCUT2D eigenvalue weighted by Gasteiger charge is 2.43. The van der Waals surface area contributed by atoms with Crippen LogP contribution in [0.4, 0.5) is 0 Å². The summed E-state index contributed by atoms with van der Waals surface area (Å²) >= 11 is 0. The maximum Gasteiger partial charge on any atom is 0.342 e. The van der Waals surface area contributed by atoms with Crippen LogP contribution in [0, 0.1) is 11.8 Å². The number of hydrogen-bond acceptors (Lipinski definition) is 3. The van der Waals surface area contributed by atoms with Gasteiger partial charge in [0.05, 0.1) is 5.92 Å². The fourth-order valence-electron chi connectivity index (χ4n) is 1.89. The molecule has 0 saturated carbocycles. The van der Waals surface area contributed by atoms with Gasteiger partial charge in [-0.3, -0.25) is 4.79 Å². The molecular weight excluding hydrogens is 156 g/mol. The van der Waals surface area contributed by atoms with E-state index in [-0.39, 0.29) is 17.8 Å². The summed E-state index contributed by atoms with van der Waals surface area (Å²) in [6.45, 7) is 1.98. The number of ether oxygens (including phenoxy) is 1. The fraction of sp³-hybridized carbons (Fsp3) is 0.556. The van der Waals surface area contributed by atoms with E-state index in [1.807, 2.05) is 13.0 Å². The van der Waals surface area contributed by atoms with Gasteiger partial charge in [-0.05, 0) is 18.8 Å². The predicted molar refractivity (Wildman–Crippen MR) is 41.1 cm³/mol. The second-order valence-electron chi connectivity index (χ2n) is 3.40. The van der Waals surface area contributed by atoms with E-state index in [1.165, 1.54) is 0 Å². The summed E-state index contributed by atoms with van der Waals surface area (Å²) in [5.74, 6) is -0.815. The lowest BCUT2D eigenvalue weighted by Crippen LogP contribution is -2.21. The van der Waals surface area contributed by atoms with Crippen LogP contribution < -0.4 is 0 Å². The van der Waals surface area contributed by atoms with Crippen LogP contribution in [0.1, 0.15) is 19.8 Å².